The molecule has 1 N–H and O–H groups in total. The zero-order valence-electron chi connectivity index (χ0n) is 9.49. The molecule has 0 fully saturated rings. The maximum atomic E-state index is 11.6. The zero-order chi connectivity index (χ0) is 11.7. The summed E-state index contributed by atoms with van der Waals surface area (Å²) in [4.78, 5) is 0. The second-order valence-electron chi connectivity index (χ2n) is 3.55. The standard InChI is InChI=1S/C10H20N2O2S/c1-3-5-6-7-10(9-11)15(13,14)12-8-4-2/h10,12H,3-8H2,1-2H3. The SMILES string of the molecule is CCCCCC(C#N)S(=O)(=O)NCCC. The maximum absolute atomic E-state index is 11.6. The van der Waals surface area contributed by atoms with Gasteiger partial charge < -0.3 is 0 Å². The normalized spacial score (nSPS) is 13.4. The van der Waals surface area contributed by atoms with E-state index in [0.29, 0.717) is 13.0 Å². The minimum Gasteiger partial charge on any atom is -0.214 e. The summed E-state index contributed by atoms with van der Waals surface area (Å²) in [5, 5.41) is 7.90. The molecule has 15 heavy (non-hydrogen) atoms. The van der Waals surface area contributed by atoms with Gasteiger partial charge in [-0.25, -0.2) is 13.1 Å². The summed E-state index contributed by atoms with van der Waals surface area (Å²) in [5.41, 5.74) is 0. The van der Waals surface area contributed by atoms with Crippen LogP contribution in [0.3, 0.4) is 0 Å². The molecule has 0 radical (unpaired) electrons. The van der Waals surface area contributed by atoms with Gasteiger partial charge in [-0.15, -0.1) is 0 Å². The second-order valence-corrected chi connectivity index (χ2v) is 5.50. The van der Waals surface area contributed by atoms with E-state index in [1.54, 1.807) is 0 Å². The fourth-order valence-corrected chi connectivity index (χ4v) is 2.52. The lowest BCUT2D eigenvalue weighted by Gasteiger charge is -2.10. The molecule has 5 heteroatoms. The Labute approximate surface area is 92.7 Å². The summed E-state index contributed by atoms with van der Waals surface area (Å²) < 4.78 is 25.6. The molecule has 0 spiro atoms. The van der Waals surface area contributed by atoms with Gasteiger partial charge in [0, 0.05) is 6.54 Å². The summed E-state index contributed by atoms with van der Waals surface area (Å²) in [6, 6.07) is 1.86. The van der Waals surface area contributed by atoms with Crippen molar-refractivity contribution in [3.8, 4) is 6.07 Å². The third kappa shape index (κ3) is 5.75. The maximum Gasteiger partial charge on any atom is 0.227 e. The lowest BCUT2D eigenvalue weighted by Crippen LogP contribution is -2.33. The molecule has 0 rings (SSSR count). The van der Waals surface area contributed by atoms with E-state index in [4.69, 9.17) is 5.26 Å². The molecule has 0 aliphatic heterocycles. The molecule has 0 aromatic carbocycles. The van der Waals surface area contributed by atoms with Gasteiger partial charge in [0.15, 0.2) is 5.25 Å². The monoisotopic (exact) mass is 232 g/mol. The van der Waals surface area contributed by atoms with E-state index in [1.165, 1.54) is 0 Å². The van der Waals surface area contributed by atoms with Gasteiger partial charge in [-0.2, -0.15) is 5.26 Å². The molecular formula is C10H20N2O2S. The molecule has 0 aromatic heterocycles. The van der Waals surface area contributed by atoms with Gasteiger partial charge in [-0.05, 0) is 12.8 Å². The molecule has 0 aliphatic carbocycles. The highest BCUT2D eigenvalue weighted by molar-refractivity contribution is 7.90. The molecular weight excluding hydrogens is 212 g/mol. The molecule has 4 nitrogen and oxygen atoms in total. The van der Waals surface area contributed by atoms with E-state index in [0.717, 1.165) is 25.7 Å². The zero-order valence-corrected chi connectivity index (χ0v) is 10.3. The van der Waals surface area contributed by atoms with Crippen molar-refractivity contribution in [1.29, 1.82) is 5.26 Å². The van der Waals surface area contributed by atoms with E-state index in [9.17, 15) is 8.42 Å². The topological polar surface area (TPSA) is 70.0 Å². The van der Waals surface area contributed by atoms with Crippen LogP contribution in [0.2, 0.25) is 0 Å². The number of nitrogens with zero attached hydrogens (tertiary/aromatic N) is 1. The summed E-state index contributed by atoms with van der Waals surface area (Å²) >= 11 is 0. The molecule has 0 amide bonds. The van der Waals surface area contributed by atoms with Crippen molar-refractivity contribution in [2.45, 2.75) is 51.2 Å². The van der Waals surface area contributed by atoms with E-state index in [2.05, 4.69) is 4.72 Å². The van der Waals surface area contributed by atoms with Gasteiger partial charge in [0.25, 0.3) is 0 Å². The van der Waals surface area contributed by atoms with Crippen LogP contribution in [0.1, 0.15) is 46.0 Å². The highest BCUT2D eigenvalue weighted by Gasteiger charge is 2.23. The van der Waals surface area contributed by atoms with Gasteiger partial charge in [-0.3, -0.25) is 0 Å². The summed E-state index contributed by atoms with van der Waals surface area (Å²) in [5.74, 6) is 0. The van der Waals surface area contributed by atoms with Crippen LogP contribution in [0.5, 0.6) is 0 Å². The van der Waals surface area contributed by atoms with Crippen LogP contribution in [0.25, 0.3) is 0 Å². The molecule has 0 heterocycles. The molecule has 0 bridgehead atoms. The molecule has 1 atom stereocenters. The van der Waals surface area contributed by atoms with Gasteiger partial charge in [-0.1, -0.05) is 33.1 Å². The number of hydrogen-bond donors (Lipinski definition) is 1. The quantitative estimate of drug-likeness (QED) is 0.649. The molecule has 88 valence electrons. The van der Waals surface area contributed by atoms with Crippen LogP contribution >= 0.6 is 0 Å². The Morgan fingerprint density at radius 2 is 1.93 bits per heavy atom. The fraction of sp³-hybridized carbons (Fsp3) is 0.900. The Bertz CT molecular complexity index is 293. The molecule has 0 aliphatic rings. The van der Waals surface area contributed by atoms with Crippen LogP contribution in [0.4, 0.5) is 0 Å². The second kappa shape index (κ2) is 7.66. The average molecular weight is 232 g/mol. The number of hydrogen-bond acceptors (Lipinski definition) is 3. The first kappa shape index (κ1) is 14.4. The summed E-state index contributed by atoms with van der Waals surface area (Å²) in [7, 11) is -3.43. The number of sulfonamides is 1. The van der Waals surface area contributed by atoms with Crippen LogP contribution < -0.4 is 4.72 Å². The Hall–Kier alpha value is -0.600. The minimum atomic E-state index is -3.43. The van der Waals surface area contributed by atoms with Gasteiger partial charge >= 0.3 is 0 Å². The minimum absolute atomic E-state index is 0.411. The van der Waals surface area contributed by atoms with Gasteiger partial charge in [0.05, 0.1) is 6.07 Å². The van der Waals surface area contributed by atoms with Crippen LogP contribution in [0.15, 0.2) is 0 Å². The molecule has 1 unspecified atom stereocenters. The van der Waals surface area contributed by atoms with Crippen molar-refractivity contribution in [2.75, 3.05) is 6.54 Å². The van der Waals surface area contributed by atoms with Crippen molar-refractivity contribution < 1.29 is 8.42 Å². The Kier molecular flexibility index (Phi) is 7.35. The Morgan fingerprint density at radius 3 is 2.40 bits per heavy atom. The average Bonchev–Trinajstić information content (AvgIpc) is 2.21. The summed E-state index contributed by atoms with van der Waals surface area (Å²) in [6.07, 6.45) is 3.97. The van der Waals surface area contributed by atoms with Gasteiger partial charge in [0.2, 0.25) is 10.0 Å². The Morgan fingerprint density at radius 1 is 1.27 bits per heavy atom. The third-order valence-electron chi connectivity index (χ3n) is 2.14. The van der Waals surface area contributed by atoms with Crippen LogP contribution in [-0.4, -0.2) is 20.2 Å². The van der Waals surface area contributed by atoms with Crippen molar-refractivity contribution in [1.82, 2.24) is 4.72 Å². The smallest absolute Gasteiger partial charge is 0.214 e. The lowest BCUT2D eigenvalue weighted by molar-refractivity contribution is 0.563. The summed E-state index contributed by atoms with van der Waals surface area (Å²) in [6.45, 7) is 4.35. The highest BCUT2D eigenvalue weighted by Crippen LogP contribution is 2.09. The van der Waals surface area contributed by atoms with E-state index in [1.807, 2.05) is 19.9 Å². The van der Waals surface area contributed by atoms with Gasteiger partial charge in [0.1, 0.15) is 0 Å². The van der Waals surface area contributed by atoms with Crippen molar-refractivity contribution >= 4 is 10.0 Å². The first-order valence-corrected chi connectivity index (χ1v) is 7.01. The molecule has 0 saturated heterocycles. The van der Waals surface area contributed by atoms with Crippen molar-refractivity contribution in [2.24, 2.45) is 0 Å². The Balaban J connectivity index is 4.21. The fourth-order valence-electron chi connectivity index (χ4n) is 1.21. The van der Waals surface area contributed by atoms with E-state index in [-0.39, 0.29) is 0 Å². The number of nitriles is 1. The largest absolute Gasteiger partial charge is 0.227 e. The van der Waals surface area contributed by atoms with Crippen LogP contribution in [-0.2, 0) is 10.0 Å². The van der Waals surface area contributed by atoms with Crippen LogP contribution in [0, 0.1) is 11.3 Å². The first-order valence-electron chi connectivity index (χ1n) is 5.46. The number of nitrogens with one attached hydrogen (secondary N) is 1. The predicted molar refractivity (Wildman–Crippen MR) is 60.8 cm³/mol. The predicted octanol–water partition coefficient (Wildman–Crippen LogP) is 1.79. The molecule has 0 saturated carbocycles. The van der Waals surface area contributed by atoms with E-state index >= 15 is 0 Å². The van der Waals surface area contributed by atoms with E-state index < -0.39 is 15.3 Å². The number of unbranched alkanes of at least 4 members (excludes halogenated alkanes) is 2. The highest BCUT2D eigenvalue weighted by atomic mass is 32.2. The van der Waals surface area contributed by atoms with Crippen molar-refractivity contribution in [3.63, 3.8) is 0 Å². The third-order valence-corrected chi connectivity index (χ3v) is 3.84. The number of rotatable bonds is 8. The lowest BCUT2D eigenvalue weighted by atomic mass is 10.2. The first-order chi connectivity index (χ1) is 7.08. The van der Waals surface area contributed by atoms with Crippen molar-refractivity contribution in [3.05, 3.63) is 0 Å². The molecule has 0 aromatic rings.